The van der Waals surface area contributed by atoms with Crippen molar-refractivity contribution in [1.82, 2.24) is 0 Å². The van der Waals surface area contributed by atoms with Gasteiger partial charge in [-0.3, -0.25) is 29.3 Å². The van der Waals surface area contributed by atoms with Crippen molar-refractivity contribution in [2.24, 2.45) is 11.8 Å². The van der Waals surface area contributed by atoms with E-state index >= 15 is 0 Å². The Labute approximate surface area is 180 Å². The second-order valence-electron chi connectivity index (χ2n) is 7.47. The Hall–Kier alpha value is -3.80. The van der Waals surface area contributed by atoms with E-state index in [1.54, 1.807) is 0 Å². The molecule has 0 aliphatic carbocycles. The molecule has 12 heteroatoms. The zero-order valence-electron chi connectivity index (χ0n) is 17.2. The van der Waals surface area contributed by atoms with E-state index in [0.29, 0.717) is 0 Å². The van der Waals surface area contributed by atoms with Crippen molar-refractivity contribution in [1.29, 1.82) is 0 Å². The predicted molar refractivity (Wildman–Crippen MR) is 103 cm³/mol. The molecule has 0 spiro atoms. The lowest BCUT2D eigenvalue weighted by atomic mass is 9.76. The summed E-state index contributed by atoms with van der Waals surface area (Å²) in [7, 11) is 1.30. The molecule has 2 fully saturated rings. The summed E-state index contributed by atoms with van der Waals surface area (Å²) < 4.78 is 21.3. The summed E-state index contributed by atoms with van der Waals surface area (Å²) in [6.45, 7) is 2.19. The van der Waals surface area contributed by atoms with Gasteiger partial charge in [0.05, 0.1) is 30.0 Å². The molecule has 1 aromatic carbocycles. The summed E-state index contributed by atoms with van der Waals surface area (Å²) in [5, 5.41) is 11.2. The van der Waals surface area contributed by atoms with Crippen LogP contribution in [0.1, 0.15) is 13.8 Å². The van der Waals surface area contributed by atoms with Crippen molar-refractivity contribution >= 4 is 35.1 Å². The number of nitro groups is 1. The van der Waals surface area contributed by atoms with E-state index in [9.17, 15) is 29.3 Å². The van der Waals surface area contributed by atoms with E-state index < -0.39 is 58.5 Å². The summed E-state index contributed by atoms with van der Waals surface area (Å²) in [6, 6.07) is 3.53. The van der Waals surface area contributed by atoms with Gasteiger partial charge < -0.3 is 18.9 Å². The largest absolute Gasteiger partial charge is 0.495 e. The zero-order chi connectivity index (χ0) is 23.4. The number of benzene rings is 1. The summed E-state index contributed by atoms with van der Waals surface area (Å²) in [5.41, 5.74) is -2.16. The molecule has 4 atom stereocenters. The number of anilines is 1. The number of carbonyl (C=O) groups excluding carboxylic acids is 4. The highest BCUT2D eigenvalue weighted by molar-refractivity contribution is 6.24. The molecule has 0 saturated carbocycles. The predicted octanol–water partition coefficient (Wildman–Crippen LogP) is 0.869. The topological polar surface area (TPSA) is 152 Å². The lowest BCUT2D eigenvalue weighted by Crippen LogP contribution is -2.52. The second-order valence-corrected chi connectivity index (χ2v) is 7.47. The van der Waals surface area contributed by atoms with Gasteiger partial charge in [-0.05, 0) is 12.1 Å². The normalized spacial score (nSPS) is 27.6. The summed E-state index contributed by atoms with van der Waals surface area (Å²) in [6.07, 6.45) is 0.507. The van der Waals surface area contributed by atoms with E-state index in [2.05, 4.69) is 0 Å². The zero-order valence-corrected chi connectivity index (χ0v) is 17.2. The van der Waals surface area contributed by atoms with Crippen molar-refractivity contribution in [3.63, 3.8) is 0 Å². The van der Waals surface area contributed by atoms with Crippen molar-refractivity contribution < 1.29 is 43.0 Å². The number of hydrogen-bond donors (Lipinski definition) is 0. The molecule has 4 rings (SSSR count). The average molecular weight is 446 g/mol. The number of fused-ring (bicyclic) bond motifs is 5. The monoisotopic (exact) mass is 446 g/mol. The van der Waals surface area contributed by atoms with Gasteiger partial charge in [0.2, 0.25) is 11.8 Å². The fraction of sp³-hybridized carbons (Fsp3) is 0.400. The number of ether oxygens (including phenoxy) is 4. The van der Waals surface area contributed by atoms with Gasteiger partial charge in [0, 0.05) is 26.0 Å². The Morgan fingerprint density at radius 2 is 1.84 bits per heavy atom. The standard InChI is InChI=1S/C20H18N2O10/c1-9(23)30-19(31-10(2)24)20-7-6-14(32-20)15-16(20)18(26)21(17(15)25)12-8-11(22(27)28)4-5-13(12)29-3/h4-8,14-16,19H,1-3H3/t14-,15-,16+,20-/m1/s1. The van der Waals surface area contributed by atoms with Gasteiger partial charge in [-0.25, -0.2) is 4.90 Å². The third-order valence-corrected chi connectivity index (χ3v) is 5.61. The molecule has 2 bridgehead atoms. The third-order valence-electron chi connectivity index (χ3n) is 5.61. The van der Waals surface area contributed by atoms with Crippen LogP contribution in [0.2, 0.25) is 0 Å². The quantitative estimate of drug-likeness (QED) is 0.154. The SMILES string of the molecule is COc1ccc([N+](=O)[O-])cc1N1C(=O)[C@H]2[C@@H](C1=O)[C@@]1(C(OC(C)=O)OC(C)=O)C=C[C@H]2O1. The molecule has 12 nitrogen and oxygen atoms in total. The molecule has 2 saturated heterocycles. The maximum atomic E-state index is 13.5. The highest BCUT2D eigenvalue weighted by atomic mass is 16.7. The highest BCUT2D eigenvalue weighted by Gasteiger charge is 2.72. The number of carbonyl (C=O) groups is 4. The van der Waals surface area contributed by atoms with E-state index in [4.69, 9.17) is 18.9 Å². The molecule has 1 aromatic rings. The Morgan fingerprint density at radius 3 is 2.41 bits per heavy atom. The molecule has 3 aliphatic rings. The summed E-state index contributed by atoms with van der Waals surface area (Å²) in [4.78, 5) is 61.4. The molecule has 3 heterocycles. The smallest absolute Gasteiger partial charge is 0.305 e. The van der Waals surface area contributed by atoms with Gasteiger partial charge in [-0.1, -0.05) is 6.08 Å². The minimum atomic E-state index is -1.72. The molecule has 0 radical (unpaired) electrons. The van der Waals surface area contributed by atoms with E-state index in [-0.39, 0.29) is 17.1 Å². The van der Waals surface area contributed by atoms with Gasteiger partial charge in [0.25, 0.3) is 12.0 Å². The Kier molecular flexibility index (Phi) is 4.96. The van der Waals surface area contributed by atoms with Crippen LogP contribution < -0.4 is 9.64 Å². The van der Waals surface area contributed by atoms with Crippen molar-refractivity contribution in [3.05, 3.63) is 40.5 Å². The number of non-ortho nitro benzene ring substituents is 1. The van der Waals surface area contributed by atoms with Crippen LogP contribution in [-0.4, -0.2) is 53.8 Å². The van der Waals surface area contributed by atoms with Crippen LogP contribution in [0.5, 0.6) is 5.75 Å². The minimum absolute atomic E-state index is 0.0732. The van der Waals surface area contributed by atoms with Crippen molar-refractivity contribution in [2.45, 2.75) is 31.8 Å². The number of rotatable bonds is 6. The number of nitrogens with zero attached hydrogens (tertiary/aromatic N) is 2. The molecule has 0 unspecified atom stereocenters. The van der Waals surface area contributed by atoms with Gasteiger partial charge in [0.1, 0.15) is 11.4 Å². The maximum Gasteiger partial charge on any atom is 0.305 e. The van der Waals surface area contributed by atoms with Crippen LogP contribution in [-0.2, 0) is 33.4 Å². The lowest BCUT2D eigenvalue weighted by Gasteiger charge is -2.34. The molecule has 32 heavy (non-hydrogen) atoms. The second kappa shape index (κ2) is 7.41. The van der Waals surface area contributed by atoms with Gasteiger partial charge in [-0.2, -0.15) is 0 Å². The van der Waals surface area contributed by atoms with Crippen LogP contribution in [0.3, 0.4) is 0 Å². The first kappa shape index (κ1) is 21.4. The number of imide groups is 1. The van der Waals surface area contributed by atoms with E-state index in [1.807, 2.05) is 0 Å². The van der Waals surface area contributed by atoms with Gasteiger partial charge >= 0.3 is 11.9 Å². The highest BCUT2D eigenvalue weighted by Crippen LogP contribution is 2.55. The van der Waals surface area contributed by atoms with Crippen LogP contribution in [0.25, 0.3) is 0 Å². The number of esters is 2. The minimum Gasteiger partial charge on any atom is -0.495 e. The van der Waals surface area contributed by atoms with E-state index in [0.717, 1.165) is 24.8 Å². The Bertz CT molecular complexity index is 1070. The average Bonchev–Trinajstić information content (AvgIpc) is 3.37. The molecule has 2 amide bonds. The molecular weight excluding hydrogens is 428 g/mol. The Balaban J connectivity index is 1.79. The third kappa shape index (κ3) is 3.02. The summed E-state index contributed by atoms with van der Waals surface area (Å²) in [5.74, 6) is -5.13. The maximum absolute atomic E-state index is 13.5. The van der Waals surface area contributed by atoms with Crippen LogP contribution in [0.15, 0.2) is 30.4 Å². The molecule has 0 aromatic heterocycles. The number of amides is 2. The molecule has 3 aliphatic heterocycles. The van der Waals surface area contributed by atoms with Crippen LogP contribution in [0, 0.1) is 22.0 Å². The summed E-state index contributed by atoms with van der Waals surface area (Å²) >= 11 is 0. The fourth-order valence-electron chi connectivity index (χ4n) is 4.42. The molecular formula is C20H18N2O10. The number of hydrogen-bond acceptors (Lipinski definition) is 10. The first-order valence-corrected chi connectivity index (χ1v) is 9.52. The fourth-order valence-corrected chi connectivity index (χ4v) is 4.42. The van der Waals surface area contributed by atoms with Gasteiger partial charge in [-0.15, -0.1) is 0 Å². The van der Waals surface area contributed by atoms with Crippen LogP contribution in [0.4, 0.5) is 11.4 Å². The van der Waals surface area contributed by atoms with Crippen molar-refractivity contribution in [2.75, 3.05) is 12.0 Å². The number of nitro benzene ring substituents is 1. The van der Waals surface area contributed by atoms with E-state index in [1.165, 1.54) is 31.4 Å². The number of methoxy groups -OCH3 is 1. The van der Waals surface area contributed by atoms with Crippen LogP contribution >= 0.6 is 0 Å². The molecule has 0 N–H and O–H groups in total. The van der Waals surface area contributed by atoms with Gasteiger partial charge in [0.15, 0.2) is 5.60 Å². The lowest BCUT2D eigenvalue weighted by molar-refractivity contribution is -0.384. The van der Waals surface area contributed by atoms with Crippen molar-refractivity contribution in [3.8, 4) is 5.75 Å². The first-order chi connectivity index (χ1) is 15.1. The molecule has 168 valence electrons. The first-order valence-electron chi connectivity index (χ1n) is 9.52. The Morgan fingerprint density at radius 1 is 1.19 bits per heavy atom.